The van der Waals surface area contributed by atoms with E-state index in [0.717, 1.165) is 33.8 Å². The van der Waals surface area contributed by atoms with Crippen LogP contribution in [0.2, 0.25) is 0 Å². The summed E-state index contributed by atoms with van der Waals surface area (Å²) >= 11 is 2.55. The van der Waals surface area contributed by atoms with E-state index in [1.54, 1.807) is 24.5 Å². The number of rotatable bonds is 5. The summed E-state index contributed by atoms with van der Waals surface area (Å²) in [5, 5.41) is 0.950. The number of thioether (sulfide) groups is 1. The number of fused-ring (bicyclic) bond motifs is 1. The lowest BCUT2D eigenvalue weighted by Gasteiger charge is -2.15. The second kappa shape index (κ2) is 8.47. The fourth-order valence-electron chi connectivity index (χ4n) is 3.30. The maximum absolute atomic E-state index is 13.4. The van der Waals surface area contributed by atoms with Gasteiger partial charge in [-0.3, -0.25) is 14.3 Å². The lowest BCUT2D eigenvalue weighted by atomic mass is 10.1. The highest BCUT2D eigenvalue weighted by Gasteiger charge is 2.33. The van der Waals surface area contributed by atoms with Gasteiger partial charge in [0.25, 0.3) is 5.56 Å². The van der Waals surface area contributed by atoms with Gasteiger partial charge < -0.3 is 0 Å². The number of halogens is 3. The first-order chi connectivity index (χ1) is 14.8. The largest absolute Gasteiger partial charge is 0.416 e. The van der Waals surface area contributed by atoms with Gasteiger partial charge in [-0.05, 0) is 42.7 Å². The molecule has 0 amide bonds. The lowest BCUT2D eigenvalue weighted by Crippen LogP contribution is -2.24. The topological polar surface area (TPSA) is 47.8 Å². The van der Waals surface area contributed by atoms with Gasteiger partial charge in [0.1, 0.15) is 4.83 Å². The summed E-state index contributed by atoms with van der Waals surface area (Å²) in [5.41, 5.74) is 0.986. The summed E-state index contributed by atoms with van der Waals surface area (Å²) < 4.78 is 41.7. The van der Waals surface area contributed by atoms with Crippen LogP contribution in [0.1, 0.15) is 27.1 Å². The van der Waals surface area contributed by atoms with E-state index in [9.17, 15) is 18.0 Å². The van der Waals surface area contributed by atoms with Crippen molar-refractivity contribution in [3.63, 3.8) is 0 Å². The third kappa shape index (κ3) is 4.38. The van der Waals surface area contributed by atoms with E-state index < -0.39 is 11.7 Å². The zero-order chi connectivity index (χ0) is 22.2. The van der Waals surface area contributed by atoms with Crippen LogP contribution in [-0.4, -0.2) is 14.5 Å². The molecule has 0 saturated heterocycles. The highest BCUT2D eigenvalue weighted by Crippen LogP contribution is 2.35. The second-order valence-corrected chi connectivity index (χ2v) is 9.20. The number of thiophene rings is 1. The minimum atomic E-state index is -4.44. The van der Waals surface area contributed by atoms with Crippen LogP contribution >= 0.6 is 23.1 Å². The van der Waals surface area contributed by atoms with Gasteiger partial charge in [-0.25, -0.2) is 4.98 Å². The van der Waals surface area contributed by atoms with Crippen LogP contribution in [0.15, 0.2) is 58.7 Å². The highest BCUT2D eigenvalue weighted by atomic mass is 32.2. The monoisotopic (exact) mass is 461 g/mol. The molecule has 3 heterocycles. The van der Waals surface area contributed by atoms with Crippen molar-refractivity contribution in [3.8, 4) is 0 Å². The Balaban J connectivity index is 1.78. The van der Waals surface area contributed by atoms with Gasteiger partial charge in [0, 0.05) is 23.0 Å². The molecule has 160 valence electrons. The summed E-state index contributed by atoms with van der Waals surface area (Å²) in [7, 11) is 0. The average molecular weight is 462 g/mol. The molecule has 4 aromatic rings. The molecule has 0 atom stereocenters. The average Bonchev–Trinajstić information content (AvgIpc) is 3.03. The summed E-state index contributed by atoms with van der Waals surface area (Å²) in [5.74, 6) is 0.0456. The number of alkyl halides is 3. The predicted molar refractivity (Wildman–Crippen MR) is 118 cm³/mol. The molecule has 0 spiro atoms. The molecule has 0 bridgehead atoms. The minimum Gasteiger partial charge on any atom is -0.282 e. The third-order valence-corrected chi connectivity index (χ3v) is 7.12. The van der Waals surface area contributed by atoms with Gasteiger partial charge in [-0.2, -0.15) is 13.2 Å². The fourth-order valence-corrected chi connectivity index (χ4v) is 5.37. The van der Waals surface area contributed by atoms with Crippen molar-refractivity contribution in [3.05, 3.63) is 86.3 Å². The van der Waals surface area contributed by atoms with Crippen LogP contribution in [-0.2, 0) is 18.5 Å². The molecule has 0 fully saturated rings. The van der Waals surface area contributed by atoms with Crippen molar-refractivity contribution in [2.45, 2.75) is 37.5 Å². The molecule has 4 rings (SSSR count). The normalized spacial score (nSPS) is 11.9. The number of nitrogens with zero attached hydrogens (tertiary/aromatic N) is 3. The summed E-state index contributed by atoms with van der Waals surface area (Å²) in [6.45, 7) is 4.06. The molecule has 0 radical (unpaired) electrons. The Morgan fingerprint density at radius 3 is 2.61 bits per heavy atom. The smallest absolute Gasteiger partial charge is 0.282 e. The Hall–Kier alpha value is -2.65. The molecule has 3 aromatic heterocycles. The first-order valence-corrected chi connectivity index (χ1v) is 11.2. The van der Waals surface area contributed by atoms with Gasteiger partial charge in [0.05, 0.1) is 17.5 Å². The highest BCUT2D eigenvalue weighted by molar-refractivity contribution is 7.98. The van der Waals surface area contributed by atoms with Gasteiger partial charge >= 0.3 is 6.18 Å². The molecular formula is C22H18F3N3OS2. The first kappa shape index (κ1) is 21.6. The van der Waals surface area contributed by atoms with Crippen LogP contribution in [0, 0.1) is 13.8 Å². The SMILES string of the molecule is Cc1sc2nc(SCc3ccccc3C(F)(F)F)n(Cc3cccnc3)c(=O)c2c1C. The van der Waals surface area contributed by atoms with E-state index in [-0.39, 0.29) is 23.4 Å². The van der Waals surface area contributed by atoms with Crippen LogP contribution < -0.4 is 5.56 Å². The minimum absolute atomic E-state index is 0.0456. The molecule has 0 aliphatic heterocycles. The lowest BCUT2D eigenvalue weighted by molar-refractivity contribution is -0.138. The molecule has 1 aromatic carbocycles. The zero-order valence-corrected chi connectivity index (χ0v) is 18.4. The number of benzene rings is 1. The maximum atomic E-state index is 13.4. The summed E-state index contributed by atoms with van der Waals surface area (Å²) in [6.07, 6.45) is -1.13. The Morgan fingerprint density at radius 2 is 1.90 bits per heavy atom. The number of aryl methyl sites for hydroxylation is 2. The van der Waals surface area contributed by atoms with E-state index >= 15 is 0 Å². The molecular weight excluding hydrogens is 443 g/mol. The van der Waals surface area contributed by atoms with Gasteiger partial charge in [0.2, 0.25) is 0 Å². The predicted octanol–water partition coefficient (Wildman–Crippen LogP) is 5.83. The van der Waals surface area contributed by atoms with Crippen LogP contribution in [0.4, 0.5) is 13.2 Å². The quantitative estimate of drug-likeness (QED) is 0.277. The Labute approximate surface area is 184 Å². The van der Waals surface area contributed by atoms with Crippen molar-refractivity contribution in [2.75, 3.05) is 0 Å². The molecule has 0 unspecified atom stereocenters. The van der Waals surface area contributed by atoms with E-state index in [1.807, 2.05) is 19.9 Å². The Morgan fingerprint density at radius 1 is 1.13 bits per heavy atom. The van der Waals surface area contributed by atoms with Crippen LogP contribution in [0.25, 0.3) is 10.2 Å². The fraction of sp³-hybridized carbons (Fsp3) is 0.227. The standard InChI is InChI=1S/C22H18F3N3OS2/c1-13-14(2)31-19-18(13)20(29)28(11-15-6-5-9-26-10-15)21(27-19)30-12-16-7-3-4-8-17(16)22(23,24)25/h3-10H,11-12H2,1-2H3. The Kier molecular flexibility index (Phi) is 5.90. The molecule has 4 nitrogen and oxygen atoms in total. The Bertz CT molecular complexity index is 1300. The zero-order valence-electron chi connectivity index (χ0n) is 16.7. The van der Waals surface area contributed by atoms with Gasteiger partial charge in [0.15, 0.2) is 5.16 Å². The second-order valence-electron chi connectivity index (χ2n) is 7.05. The van der Waals surface area contributed by atoms with Crippen molar-refractivity contribution in [2.24, 2.45) is 0 Å². The van der Waals surface area contributed by atoms with E-state index in [1.165, 1.54) is 28.0 Å². The molecule has 0 saturated carbocycles. The van der Waals surface area contributed by atoms with E-state index in [2.05, 4.69) is 9.97 Å². The van der Waals surface area contributed by atoms with Crippen molar-refractivity contribution in [1.29, 1.82) is 0 Å². The number of aromatic nitrogens is 3. The molecule has 9 heteroatoms. The van der Waals surface area contributed by atoms with Crippen molar-refractivity contribution < 1.29 is 13.2 Å². The maximum Gasteiger partial charge on any atom is 0.416 e. The molecule has 31 heavy (non-hydrogen) atoms. The van der Waals surface area contributed by atoms with E-state index in [4.69, 9.17) is 0 Å². The number of hydrogen-bond donors (Lipinski definition) is 0. The third-order valence-electron chi connectivity index (χ3n) is 5.00. The molecule has 0 aliphatic rings. The van der Waals surface area contributed by atoms with E-state index in [0.29, 0.717) is 15.4 Å². The molecule has 0 aliphatic carbocycles. The number of hydrogen-bond acceptors (Lipinski definition) is 5. The van der Waals surface area contributed by atoms with Gasteiger partial charge in [-0.15, -0.1) is 11.3 Å². The van der Waals surface area contributed by atoms with Crippen molar-refractivity contribution >= 4 is 33.3 Å². The van der Waals surface area contributed by atoms with Crippen molar-refractivity contribution in [1.82, 2.24) is 14.5 Å². The molecule has 0 N–H and O–H groups in total. The first-order valence-electron chi connectivity index (χ1n) is 9.43. The number of pyridine rings is 1. The van der Waals surface area contributed by atoms with Crippen LogP contribution in [0.3, 0.4) is 0 Å². The van der Waals surface area contributed by atoms with Crippen LogP contribution in [0.5, 0.6) is 0 Å². The summed E-state index contributed by atoms with van der Waals surface area (Å²) in [4.78, 5) is 23.7. The summed E-state index contributed by atoms with van der Waals surface area (Å²) in [6, 6.07) is 9.10. The van der Waals surface area contributed by atoms with Gasteiger partial charge in [-0.1, -0.05) is 36.0 Å².